The summed E-state index contributed by atoms with van der Waals surface area (Å²) in [4.78, 5) is 11.4. The summed E-state index contributed by atoms with van der Waals surface area (Å²) in [6.45, 7) is 6.96. The molecule has 2 N–H and O–H groups in total. The van der Waals surface area contributed by atoms with Crippen molar-refractivity contribution in [3.05, 3.63) is 12.2 Å². The molecule has 3 nitrogen and oxygen atoms in total. The number of hydrogen-bond acceptors (Lipinski definition) is 3. The molecule has 0 saturated heterocycles. The summed E-state index contributed by atoms with van der Waals surface area (Å²) in [5.41, 5.74) is -0.672. The third kappa shape index (κ3) is 1.81. The van der Waals surface area contributed by atoms with Crippen molar-refractivity contribution in [2.75, 3.05) is 0 Å². The second kappa shape index (κ2) is 3.24. The van der Waals surface area contributed by atoms with Crippen LogP contribution in [0, 0.1) is 5.92 Å². The summed E-state index contributed by atoms with van der Waals surface area (Å²) in [6, 6.07) is 0. The summed E-state index contributed by atoms with van der Waals surface area (Å²) >= 11 is 0. The van der Waals surface area contributed by atoms with Gasteiger partial charge in [-0.15, -0.1) is 0 Å². The van der Waals surface area contributed by atoms with E-state index in [1.807, 2.05) is 6.92 Å². The van der Waals surface area contributed by atoms with Gasteiger partial charge in [0.25, 0.3) is 0 Å². The molecule has 1 fully saturated rings. The van der Waals surface area contributed by atoms with Crippen molar-refractivity contribution < 1.29 is 15.0 Å². The van der Waals surface area contributed by atoms with Gasteiger partial charge in [-0.05, 0) is 26.2 Å². The molecule has 74 valence electrons. The van der Waals surface area contributed by atoms with Gasteiger partial charge < -0.3 is 10.2 Å². The fraction of sp³-hybridized carbons (Fsp3) is 0.700. The first-order valence-corrected chi connectivity index (χ1v) is 4.45. The second-order valence-corrected chi connectivity index (χ2v) is 4.07. The Hall–Kier alpha value is -0.670. The molecule has 0 aromatic carbocycles. The van der Waals surface area contributed by atoms with E-state index in [9.17, 15) is 15.0 Å². The highest BCUT2D eigenvalue weighted by Gasteiger charge is 2.44. The second-order valence-electron chi connectivity index (χ2n) is 4.07. The normalized spacial score (nSPS) is 40.5. The summed E-state index contributed by atoms with van der Waals surface area (Å²) in [5.74, 6) is -0.276. The molecular weight excluding hydrogens is 168 g/mol. The van der Waals surface area contributed by atoms with Gasteiger partial charge in [0.15, 0.2) is 5.78 Å². The Labute approximate surface area is 78.1 Å². The summed E-state index contributed by atoms with van der Waals surface area (Å²) in [7, 11) is 0. The number of hydrogen-bond donors (Lipinski definition) is 2. The van der Waals surface area contributed by atoms with Crippen LogP contribution in [0.1, 0.15) is 26.7 Å². The molecule has 0 heterocycles. The number of Topliss-reactive ketones (excluding diaryl/α,β-unsaturated/α-hetero) is 1. The van der Waals surface area contributed by atoms with Gasteiger partial charge in [-0.3, -0.25) is 4.79 Å². The van der Waals surface area contributed by atoms with Crippen molar-refractivity contribution in [3.63, 3.8) is 0 Å². The van der Waals surface area contributed by atoms with Crippen LogP contribution in [-0.4, -0.2) is 27.7 Å². The van der Waals surface area contributed by atoms with Gasteiger partial charge in [0.2, 0.25) is 0 Å². The van der Waals surface area contributed by atoms with Crippen LogP contribution in [-0.2, 0) is 4.79 Å². The molecule has 0 amide bonds. The maximum absolute atomic E-state index is 11.4. The van der Waals surface area contributed by atoms with E-state index in [1.165, 1.54) is 6.92 Å². The minimum atomic E-state index is -1.56. The van der Waals surface area contributed by atoms with Crippen molar-refractivity contribution in [1.29, 1.82) is 0 Å². The topological polar surface area (TPSA) is 57.5 Å². The molecule has 0 bridgehead atoms. The lowest BCUT2D eigenvalue weighted by Crippen LogP contribution is -2.52. The predicted octanol–water partition coefficient (Wildman–Crippen LogP) is 0.653. The quantitative estimate of drug-likeness (QED) is 0.588. The molecule has 13 heavy (non-hydrogen) atoms. The smallest absolute Gasteiger partial charge is 0.167 e. The molecule has 0 aromatic rings. The fourth-order valence-corrected chi connectivity index (χ4v) is 1.57. The molecule has 1 aliphatic rings. The number of carbonyl (C=O) groups excluding carboxylic acids is 1. The van der Waals surface area contributed by atoms with Gasteiger partial charge in [0, 0.05) is 6.42 Å². The van der Waals surface area contributed by atoms with Crippen molar-refractivity contribution in [2.45, 2.75) is 38.4 Å². The van der Waals surface area contributed by atoms with Crippen LogP contribution in [0.3, 0.4) is 0 Å². The van der Waals surface area contributed by atoms with Gasteiger partial charge in [-0.2, -0.15) is 0 Å². The molecule has 1 rings (SSSR count). The zero-order valence-corrected chi connectivity index (χ0v) is 8.08. The van der Waals surface area contributed by atoms with E-state index in [2.05, 4.69) is 6.58 Å². The van der Waals surface area contributed by atoms with Gasteiger partial charge >= 0.3 is 0 Å². The van der Waals surface area contributed by atoms with Crippen molar-refractivity contribution >= 4 is 5.78 Å². The number of allylic oxidation sites excluding steroid dienone is 1. The highest BCUT2D eigenvalue weighted by molar-refractivity contribution is 5.88. The lowest BCUT2D eigenvalue weighted by Gasteiger charge is -2.36. The maximum Gasteiger partial charge on any atom is 0.167 e. The van der Waals surface area contributed by atoms with Gasteiger partial charge in [-0.25, -0.2) is 0 Å². The predicted molar refractivity (Wildman–Crippen MR) is 49.2 cm³/mol. The van der Waals surface area contributed by atoms with Crippen LogP contribution in [0.4, 0.5) is 0 Å². The summed E-state index contributed by atoms with van der Waals surface area (Å²) in [6.07, 6.45) is -0.247. The van der Waals surface area contributed by atoms with E-state index in [4.69, 9.17) is 0 Å². The van der Waals surface area contributed by atoms with Crippen molar-refractivity contribution in [2.24, 2.45) is 5.92 Å². The molecule has 1 saturated carbocycles. The van der Waals surface area contributed by atoms with E-state index < -0.39 is 11.7 Å². The molecule has 3 atom stereocenters. The monoisotopic (exact) mass is 184 g/mol. The third-order valence-electron chi connectivity index (χ3n) is 2.85. The molecule has 1 aliphatic carbocycles. The minimum Gasteiger partial charge on any atom is -0.390 e. The first-order valence-electron chi connectivity index (χ1n) is 4.45. The van der Waals surface area contributed by atoms with Crippen LogP contribution in [0.15, 0.2) is 12.2 Å². The van der Waals surface area contributed by atoms with Crippen LogP contribution in [0.5, 0.6) is 0 Å². The Bertz CT molecular complexity index is 243. The highest BCUT2D eigenvalue weighted by atomic mass is 16.3. The molecule has 0 aliphatic heterocycles. The average molecular weight is 184 g/mol. The zero-order chi connectivity index (χ0) is 10.2. The van der Waals surface area contributed by atoms with E-state index >= 15 is 0 Å². The first kappa shape index (κ1) is 10.4. The van der Waals surface area contributed by atoms with Crippen LogP contribution in [0.2, 0.25) is 0 Å². The Morgan fingerprint density at radius 3 is 2.62 bits per heavy atom. The molecule has 0 spiro atoms. The molecule has 3 heteroatoms. The van der Waals surface area contributed by atoms with E-state index in [-0.39, 0.29) is 11.7 Å². The summed E-state index contributed by atoms with van der Waals surface area (Å²) < 4.78 is 0. The van der Waals surface area contributed by atoms with Gasteiger partial charge in [0.05, 0.1) is 6.10 Å². The van der Waals surface area contributed by atoms with Crippen molar-refractivity contribution in [3.8, 4) is 0 Å². The van der Waals surface area contributed by atoms with Crippen molar-refractivity contribution in [1.82, 2.24) is 0 Å². The number of carbonyl (C=O) groups is 1. The number of rotatable bonds is 1. The molecule has 0 aromatic heterocycles. The summed E-state index contributed by atoms with van der Waals surface area (Å²) in [5, 5.41) is 19.1. The zero-order valence-electron chi connectivity index (χ0n) is 8.08. The first-order chi connectivity index (χ1) is 5.85. The van der Waals surface area contributed by atoms with E-state index in [0.717, 1.165) is 5.57 Å². The Morgan fingerprint density at radius 1 is 1.69 bits per heavy atom. The van der Waals surface area contributed by atoms with Crippen LogP contribution >= 0.6 is 0 Å². The lowest BCUT2D eigenvalue weighted by atomic mass is 9.74. The highest BCUT2D eigenvalue weighted by Crippen LogP contribution is 2.32. The molecule has 0 radical (unpaired) electrons. The van der Waals surface area contributed by atoms with E-state index in [0.29, 0.717) is 12.8 Å². The minimum absolute atomic E-state index is 0.0164. The van der Waals surface area contributed by atoms with Crippen LogP contribution in [0.25, 0.3) is 0 Å². The molecule has 0 unspecified atom stereocenters. The SMILES string of the molecule is C=C(C)[C@H]1CC(=O)[C@](C)(O)[C@@H](O)C1. The number of aliphatic hydroxyl groups excluding tert-OH is 1. The largest absolute Gasteiger partial charge is 0.390 e. The number of ketones is 1. The van der Waals surface area contributed by atoms with E-state index in [1.54, 1.807) is 0 Å². The van der Waals surface area contributed by atoms with Crippen LogP contribution < -0.4 is 0 Å². The van der Waals surface area contributed by atoms with Gasteiger partial charge in [0.1, 0.15) is 5.60 Å². The fourth-order valence-electron chi connectivity index (χ4n) is 1.57. The standard InChI is InChI=1S/C10H16O3/c1-6(2)7-4-8(11)10(3,13)9(12)5-7/h7-8,11,13H,1,4-5H2,2-3H3/t7-,8+,10-/m1/s1. The Balaban J connectivity index is 2.79. The Kier molecular flexibility index (Phi) is 2.59. The molecular formula is C10H16O3. The lowest BCUT2D eigenvalue weighted by molar-refractivity contribution is -0.155. The third-order valence-corrected chi connectivity index (χ3v) is 2.85. The maximum atomic E-state index is 11.4. The number of aliphatic hydroxyl groups is 2. The van der Waals surface area contributed by atoms with Gasteiger partial charge in [-0.1, -0.05) is 12.2 Å². The Morgan fingerprint density at radius 2 is 2.23 bits per heavy atom. The average Bonchev–Trinajstić information content (AvgIpc) is 2.00.